The summed E-state index contributed by atoms with van der Waals surface area (Å²) >= 11 is 0. The van der Waals surface area contributed by atoms with Crippen LogP contribution in [0.5, 0.6) is 0 Å². The summed E-state index contributed by atoms with van der Waals surface area (Å²) in [6, 6.07) is 9.29. The number of carbonyl (C=O) groups excluding carboxylic acids is 2. The van der Waals surface area contributed by atoms with Gasteiger partial charge in [0.05, 0.1) is 12.1 Å². The molecule has 0 aliphatic carbocycles. The topological polar surface area (TPSA) is 99.7 Å². The Kier molecular flexibility index (Phi) is 7.62. The molecule has 1 aliphatic heterocycles. The first-order valence-electron chi connectivity index (χ1n) is 9.44. The highest BCUT2D eigenvalue weighted by Gasteiger charge is 2.26. The standard InChI is InChI=1S/C20H31N3O4/c1-20(2,3)27-19(26)23-16(11-14-7-5-4-6-8-14)17(24)13-21-12-15-9-10-18(25)22-15/h4-8,15-17,21,24H,9-13H2,1-3H3,(H,22,25)(H,23,26)/t15-,16-,17+/m0/s1. The van der Waals surface area contributed by atoms with Crippen LogP contribution in [0.1, 0.15) is 39.2 Å². The summed E-state index contributed by atoms with van der Waals surface area (Å²) in [5.41, 5.74) is 0.409. The van der Waals surface area contributed by atoms with Crippen molar-refractivity contribution in [1.29, 1.82) is 0 Å². The maximum Gasteiger partial charge on any atom is 0.407 e. The second kappa shape index (κ2) is 9.71. The zero-order valence-corrected chi connectivity index (χ0v) is 16.3. The van der Waals surface area contributed by atoms with Crippen LogP contribution in [0.2, 0.25) is 0 Å². The molecule has 1 saturated heterocycles. The SMILES string of the molecule is CC(C)(C)OC(=O)N[C@@H](Cc1ccccc1)[C@H](O)CNC[C@@H]1CCC(=O)N1. The molecule has 2 amide bonds. The highest BCUT2D eigenvalue weighted by atomic mass is 16.6. The molecule has 1 aromatic rings. The second-order valence-corrected chi connectivity index (χ2v) is 7.97. The van der Waals surface area contributed by atoms with Crippen LogP contribution < -0.4 is 16.0 Å². The number of carbonyl (C=O) groups is 2. The molecule has 1 aromatic carbocycles. The molecule has 150 valence electrons. The van der Waals surface area contributed by atoms with Gasteiger partial charge in [-0.1, -0.05) is 30.3 Å². The van der Waals surface area contributed by atoms with Gasteiger partial charge in [-0.3, -0.25) is 4.79 Å². The van der Waals surface area contributed by atoms with E-state index in [-0.39, 0.29) is 11.9 Å². The number of nitrogens with one attached hydrogen (secondary N) is 3. The number of hydrogen-bond acceptors (Lipinski definition) is 5. The molecule has 3 atom stereocenters. The smallest absolute Gasteiger partial charge is 0.407 e. The van der Waals surface area contributed by atoms with Crippen molar-refractivity contribution in [3.05, 3.63) is 35.9 Å². The Hall–Kier alpha value is -2.12. The fourth-order valence-electron chi connectivity index (χ4n) is 2.99. The van der Waals surface area contributed by atoms with Crippen molar-refractivity contribution in [2.45, 2.75) is 63.8 Å². The maximum absolute atomic E-state index is 12.2. The lowest BCUT2D eigenvalue weighted by molar-refractivity contribution is -0.119. The Morgan fingerprint density at radius 2 is 2.04 bits per heavy atom. The second-order valence-electron chi connectivity index (χ2n) is 7.97. The van der Waals surface area contributed by atoms with E-state index < -0.39 is 23.8 Å². The molecule has 7 nitrogen and oxygen atoms in total. The van der Waals surface area contributed by atoms with Gasteiger partial charge in [0, 0.05) is 25.6 Å². The number of rotatable bonds is 8. The molecule has 2 rings (SSSR count). The highest BCUT2D eigenvalue weighted by molar-refractivity contribution is 5.78. The third kappa shape index (κ3) is 7.97. The predicted octanol–water partition coefficient (Wildman–Crippen LogP) is 1.35. The number of ether oxygens (including phenoxy) is 1. The molecule has 1 fully saturated rings. The van der Waals surface area contributed by atoms with Crippen molar-refractivity contribution in [1.82, 2.24) is 16.0 Å². The average Bonchev–Trinajstić information content (AvgIpc) is 2.98. The molecule has 4 N–H and O–H groups in total. The van der Waals surface area contributed by atoms with Gasteiger partial charge in [0.25, 0.3) is 0 Å². The highest BCUT2D eigenvalue weighted by Crippen LogP contribution is 2.10. The fourth-order valence-corrected chi connectivity index (χ4v) is 2.99. The molecular formula is C20H31N3O4. The lowest BCUT2D eigenvalue weighted by atomic mass is 10.0. The van der Waals surface area contributed by atoms with E-state index in [1.165, 1.54) is 0 Å². The van der Waals surface area contributed by atoms with Gasteiger partial charge in [-0.15, -0.1) is 0 Å². The van der Waals surface area contributed by atoms with E-state index >= 15 is 0 Å². The molecule has 1 aliphatic rings. The first kappa shape index (κ1) is 21.2. The Morgan fingerprint density at radius 3 is 2.63 bits per heavy atom. The first-order valence-corrected chi connectivity index (χ1v) is 9.44. The van der Waals surface area contributed by atoms with Crippen molar-refractivity contribution in [3.63, 3.8) is 0 Å². The summed E-state index contributed by atoms with van der Waals surface area (Å²) in [6.07, 6.45) is 0.487. The zero-order valence-electron chi connectivity index (χ0n) is 16.3. The average molecular weight is 377 g/mol. The van der Waals surface area contributed by atoms with E-state index in [1.807, 2.05) is 30.3 Å². The van der Waals surface area contributed by atoms with Crippen molar-refractivity contribution >= 4 is 12.0 Å². The van der Waals surface area contributed by atoms with Gasteiger partial charge in [0.2, 0.25) is 5.91 Å². The van der Waals surface area contributed by atoms with Crippen molar-refractivity contribution in [2.75, 3.05) is 13.1 Å². The number of alkyl carbamates (subject to hydrolysis) is 1. The fraction of sp³-hybridized carbons (Fsp3) is 0.600. The number of aliphatic hydroxyl groups is 1. The van der Waals surface area contributed by atoms with E-state index in [2.05, 4.69) is 16.0 Å². The van der Waals surface area contributed by atoms with E-state index in [0.717, 1.165) is 12.0 Å². The summed E-state index contributed by atoms with van der Waals surface area (Å²) in [5.74, 6) is 0.0656. The third-order valence-electron chi connectivity index (χ3n) is 4.29. The van der Waals surface area contributed by atoms with E-state index in [4.69, 9.17) is 4.74 Å². The minimum absolute atomic E-state index is 0.0656. The Balaban J connectivity index is 1.90. The molecule has 1 heterocycles. The Bertz CT molecular complexity index is 615. The lowest BCUT2D eigenvalue weighted by Crippen LogP contribution is -2.51. The van der Waals surface area contributed by atoms with Crippen molar-refractivity contribution < 1.29 is 19.4 Å². The molecule has 0 saturated carbocycles. The van der Waals surface area contributed by atoms with Gasteiger partial charge in [-0.25, -0.2) is 4.79 Å². The summed E-state index contributed by atoms with van der Waals surface area (Å²) in [7, 11) is 0. The van der Waals surface area contributed by atoms with Crippen LogP contribution in [0, 0.1) is 0 Å². The number of aliphatic hydroxyl groups excluding tert-OH is 1. The van der Waals surface area contributed by atoms with Crippen LogP contribution in [-0.2, 0) is 16.0 Å². The quantitative estimate of drug-likeness (QED) is 0.548. The first-order chi connectivity index (χ1) is 12.7. The van der Waals surface area contributed by atoms with Gasteiger partial charge in [-0.05, 0) is 39.2 Å². The molecule has 27 heavy (non-hydrogen) atoms. The zero-order chi connectivity index (χ0) is 19.9. The predicted molar refractivity (Wildman–Crippen MR) is 103 cm³/mol. The van der Waals surface area contributed by atoms with Crippen LogP contribution in [-0.4, -0.2) is 54.0 Å². The minimum Gasteiger partial charge on any atom is -0.444 e. The summed E-state index contributed by atoms with van der Waals surface area (Å²) in [5, 5.41) is 19.5. The van der Waals surface area contributed by atoms with Gasteiger partial charge in [0.15, 0.2) is 0 Å². The van der Waals surface area contributed by atoms with Gasteiger partial charge in [-0.2, -0.15) is 0 Å². The van der Waals surface area contributed by atoms with Crippen molar-refractivity contribution in [3.8, 4) is 0 Å². The number of benzene rings is 1. The van der Waals surface area contributed by atoms with Gasteiger partial charge in [0.1, 0.15) is 5.60 Å². The Morgan fingerprint density at radius 1 is 1.33 bits per heavy atom. The molecule has 7 heteroatoms. The third-order valence-corrected chi connectivity index (χ3v) is 4.29. The van der Waals surface area contributed by atoms with Gasteiger partial charge >= 0.3 is 6.09 Å². The van der Waals surface area contributed by atoms with Crippen LogP contribution in [0.25, 0.3) is 0 Å². The minimum atomic E-state index is -0.796. The Labute approximate surface area is 160 Å². The molecule has 0 unspecified atom stereocenters. The summed E-state index contributed by atoms with van der Waals surface area (Å²) in [6.45, 7) is 6.29. The molecule has 0 bridgehead atoms. The summed E-state index contributed by atoms with van der Waals surface area (Å²) < 4.78 is 5.32. The largest absolute Gasteiger partial charge is 0.444 e. The monoisotopic (exact) mass is 377 g/mol. The van der Waals surface area contributed by atoms with Crippen LogP contribution >= 0.6 is 0 Å². The van der Waals surface area contributed by atoms with E-state index in [0.29, 0.717) is 25.9 Å². The molecule has 0 aromatic heterocycles. The molecule has 0 spiro atoms. The van der Waals surface area contributed by atoms with Crippen molar-refractivity contribution in [2.24, 2.45) is 0 Å². The normalized spacial score (nSPS) is 19.3. The number of amides is 2. The maximum atomic E-state index is 12.2. The van der Waals surface area contributed by atoms with Crippen LogP contribution in [0.15, 0.2) is 30.3 Å². The summed E-state index contributed by atoms with van der Waals surface area (Å²) in [4.78, 5) is 23.4. The lowest BCUT2D eigenvalue weighted by Gasteiger charge is -2.27. The molecular weight excluding hydrogens is 346 g/mol. The van der Waals surface area contributed by atoms with Crippen LogP contribution in [0.3, 0.4) is 0 Å². The number of hydrogen-bond donors (Lipinski definition) is 4. The van der Waals surface area contributed by atoms with Crippen LogP contribution in [0.4, 0.5) is 4.79 Å². The van der Waals surface area contributed by atoms with Gasteiger partial charge < -0.3 is 25.8 Å². The van der Waals surface area contributed by atoms with E-state index in [9.17, 15) is 14.7 Å². The van der Waals surface area contributed by atoms with E-state index in [1.54, 1.807) is 20.8 Å². The molecule has 0 radical (unpaired) electrons.